The van der Waals surface area contributed by atoms with Crippen molar-refractivity contribution in [1.82, 2.24) is 0 Å². The lowest BCUT2D eigenvalue weighted by atomic mass is 10.0. The van der Waals surface area contributed by atoms with Crippen LogP contribution in [0.15, 0.2) is 41.3 Å². The molecule has 2 N–H and O–H groups in total. The fourth-order valence-corrected chi connectivity index (χ4v) is 3.95. The molecule has 0 bridgehead atoms. The molecule has 132 valence electrons. The molecule has 1 heterocycles. The van der Waals surface area contributed by atoms with E-state index in [0.29, 0.717) is 28.6 Å². The Morgan fingerprint density at radius 3 is 2.48 bits per heavy atom. The molecule has 2 aromatic carbocycles. The molecule has 7 heteroatoms. The standard InChI is InChI=1S/C18H20N2O4S/c1-11(2)13-4-6-14(7-5-13)20-25(22,23)17-9-16-15(8-12(17)3)19-18(21)10-24-16/h4-9,11,20H,10H2,1-3H3,(H,19,21). The van der Waals surface area contributed by atoms with E-state index in [1.165, 1.54) is 6.07 Å². The van der Waals surface area contributed by atoms with Crippen LogP contribution in [0, 0.1) is 6.92 Å². The van der Waals surface area contributed by atoms with Gasteiger partial charge < -0.3 is 10.1 Å². The van der Waals surface area contributed by atoms with Gasteiger partial charge in [0, 0.05) is 11.8 Å². The Hall–Kier alpha value is -2.54. The first-order valence-corrected chi connectivity index (χ1v) is 9.44. The maximum atomic E-state index is 12.7. The number of fused-ring (bicyclic) bond motifs is 1. The molecule has 25 heavy (non-hydrogen) atoms. The summed E-state index contributed by atoms with van der Waals surface area (Å²) < 4.78 is 33.4. The van der Waals surface area contributed by atoms with Crippen LogP contribution in [0.25, 0.3) is 0 Å². The molecule has 6 nitrogen and oxygen atoms in total. The van der Waals surface area contributed by atoms with Gasteiger partial charge in [0.1, 0.15) is 5.75 Å². The summed E-state index contributed by atoms with van der Waals surface area (Å²) in [5, 5.41) is 2.67. The van der Waals surface area contributed by atoms with Crippen LogP contribution in [0.2, 0.25) is 0 Å². The van der Waals surface area contributed by atoms with Gasteiger partial charge in [-0.1, -0.05) is 26.0 Å². The number of sulfonamides is 1. The zero-order chi connectivity index (χ0) is 18.2. The van der Waals surface area contributed by atoms with E-state index >= 15 is 0 Å². The minimum atomic E-state index is -3.77. The molecule has 0 spiro atoms. The Morgan fingerprint density at radius 2 is 1.84 bits per heavy atom. The molecular formula is C18H20N2O4S. The smallest absolute Gasteiger partial charge is 0.262 e. The van der Waals surface area contributed by atoms with Crippen molar-refractivity contribution in [2.45, 2.75) is 31.6 Å². The molecular weight excluding hydrogens is 340 g/mol. The van der Waals surface area contributed by atoms with Gasteiger partial charge in [-0.3, -0.25) is 9.52 Å². The van der Waals surface area contributed by atoms with Crippen molar-refractivity contribution in [3.05, 3.63) is 47.5 Å². The lowest BCUT2D eigenvalue weighted by Gasteiger charge is -2.20. The van der Waals surface area contributed by atoms with Crippen molar-refractivity contribution in [1.29, 1.82) is 0 Å². The van der Waals surface area contributed by atoms with Crippen LogP contribution in [0.3, 0.4) is 0 Å². The number of hydrogen-bond donors (Lipinski definition) is 2. The van der Waals surface area contributed by atoms with Crippen LogP contribution in [0.5, 0.6) is 5.75 Å². The number of hydrogen-bond acceptors (Lipinski definition) is 4. The Morgan fingerprint density at radius 1 is 1.16 bits per heavy atom. The summed E-state index contributed by atoms with van der Waals surface area (Å²) in [5.74, 6) is 0.465. The maximum absolute atomic E-state index is 12.7. The summed E-state index contributed by atoms with van der Waals surface area (Å²) in [6.45, 7) is 5.71. The van der Waals surface area contributed by atoms with Gasteiger partial charge >= 0.3 is 0 Å². The summed E-state index contributed by atoms with van der Waals surface area (Å²) in [7, 11) is -3.77. The first-order chi connectivity index (χ1) is 11.8. The van der Waals surface area contributed by atoms with Crippen LogP contribution < -0.4 is 14.8 Å². The average molecular weight is 360 g/mol. The molecule has 0 radical (unpaired) electrons. The van der Waals surface area contributed by atoms with E-state index in [1.807, 2.05) is 12.1 Å². The van der Waals surface area contributed by atoms with E-state index in [4.69, 9.17) is 4.74 Å². The minimum absolute atomic E-state index is 0.121. The number of aryl methyl sites for hydroxylation is 1. The molecule has 0 unspecified atom stereocenters. The number of amides is 1. The van der Waals surface area contributed by atoms with E-state index in [-0.39, 0.29) is 17.4 Å². The largest absolute Gasteiger partial charge is 0.482 e. The first-order valence-electron chi connectivity index (χ1n) is 7.96. The summed E-state index contributed by atoms with van der Waals surface area (Å²) >= 11 is 0. The second-order valence-corrected chi connectivity index (χ2v) is 7.98. The summed E-state index contributed by atoms with van der Waals surface area (Å²) in [6, 6.07) is 10.3. The zero-order valence-electron chi connectivity index (χ0n) is 14.3. The van der Waals surface area contributed by atoms with Gasteiger partial charge in [0.25, 0.3) is 15.9 Å². The van der Waals surface area contributed by atoms with Crippen LogP contribution in [0.1, 0.15) is 30.9 Å². The zero-order valence-corrected chi connectivity index (χ0v) is 15.1. The van der Waals surface area contributed by atoms with E-state index in [9.17, 15) is 13.2 Å². The van der Waals surface area contributed by atoms with Crippen LogP contribution in [0.4, 0.5) is 11.4 Å². The van der Waals surface area contributed by atoms with Crippen molar-refractivity contribution in [3.63, 3.8) is 0 Å². The molecule has 0 aromatic heterocycles. The number of rotatable bonds is 4. The molecule has 0 fully saturated rings. The van der Waals surface area contributed by atoms with Crippen molar-refractivity contribution < 1.29 is 17.9 Å². The van der Waals surface area contributed by atoms with Crippen molar-refractivity contribution in [3.8, 4) is 5.75 Å². The van der Waals surface area contributed by atoms with Gasteiger partial charge in [-0.2, -0.15) is 0 Å². The van der Waals surface area contributed by atoms with Gasteiger partial charge in [-0.25, -0.2) is 8.42 Å². The number of anilines is 2. The van der Waals surface area contributed by atoms with E-state index in [2.05, 4.69) is 23.9 Å². The predicted octanol–water partition coefficient (Wildman–Crippen LogP) is 3.25. The Balaban J connectivity index is 1.91. The highest BCUT2D eigenvalue weighted by Gasteiger charge is 2.23. The van der Waals surface area contributed by atoms with Crippen molar-refractivity contribution >= 4 is 27.3 Å². The van der Waals surface area contributed by atoms with Gasteiger partial charge in [0.2, 0.25) is 0 Å². The van der Waals surface area contributed by atoms with Gasteiger partial charge in [-0.05, 0) is 42.2 Å². The monoisotopic (exact) mass is 360 g/mol. The van der Waals surface area contributed by atoms with E-state index < -0.39 is 10.0 Å². The number of carbonyl (C=O) groups is 1. The molecule has 0 saturated carbocycles. The molecule has 0 saturated heterocycles. The van der Waals surface area contributed by atoms with Gasteiger partial charge in [0.15, 0.2) is 6.61 Å². The second kappa shape index (κ2) is 6.40. The quantitative estimate of drug-likeness (QED) is 0.876. The molecule has 0 atom stereocenters. The highest BCUT2D eigenvalue weighted by atomic mass is 32.2. The van der Waals surface area contributed by atoms with E-state index in [0.717, 1.165) is 5.56 Å². The van der Waals surface area contributed by atoms with Crippen LogP contribution in [-0.4, -0.2) is 20.9 Å². The van der Waals surface area contributed by atoms with Crippen LogP contribution in [-0.2, 0) is 14.8 Å². The second-order valence-electron chi connectivity index (χ2n) is 6.33. The average Bonchev–Trinajstić information content (AvgIpc) is 2.54. The summed E-state index contributed by atoms with van der Waals surface area (Å²) in [5.41, 5.74) is 2.64. The van der Waals surface area contributed by atoms with Gasteiger partial charge in [0.05, 0.1) is 10.6 Å². The predicted molar refractivity (Wildman–Crippen MR) is 96.6 cm³/mol. The SMILES string of the molecule is Cc1cc2c(cc1S(=O)(=O)Nc1ccc(C(C)C)cc1)OCC(=O)N2. The fraction of sp³-hybridized carbons (Fsp3) is 0.278. The molecule has 1 aliphatic heterocycles. The minimum Gasteiger partial charge on any atom is -0.482 e. The first kappa shape index (κ1) is 17.3. The third kappa shape index (κ3) is 3.61. The number of nitrogens with one attached hydrogen (secondary N) is 2. The highest BCUT2D eigenvalue weighted by molar-refractivity contribution is 7.92. The molecule has 0 aliphatic carbocycles. The third-order valence-corrected chi connectivity index (χ3v) is 5.55. The topological polar surface area (TPSA) is 84.5 Å². The third-order valence-electron chi connectivity index (χ3n) is 4.03. The van der Waals surface area contributed by atoms with Crippen molar-refractivity contribution in [2.75, 3.05) is 16.6 Å². The lowest BCUT2D eigenvalue weighted by molar-refractivity contribution is -0.118. The Kier molecular flexibility index (Phi) is 4.43. The molecule has 3 rings (SSSR count). The molecule has 1 aliphatic rings. The van der Waals surface area contributed by atoms with Gasteiger partial charge in [-0.15, -0.1) is 0 Å². The normalized spacial score (nSPS) is 13.8. The van der Waals surface area contributed by atoms with Crippen LogP contribution >= 0.6 is 0 Å². The Bertz CT molecular complexity index is 919. The van der Waals surface area contributed by atoms with E-state index in [1.54, 1.807) is 25.1 Å². The fourth-order valence-electron chi connectivity index (χ4n) is 2.65. The summed E-state index contributed by atoms with van der Waals surface area (Å²) in [4.78, 5) is 11.5. The highest BCUT2D eigenvalue weighted by Crippen LogP contribution is 2.33. The lowest BCUT2D eigenvalue weighted by Crippen LogP contribution is -2.26. The number of ether oxygens (including phenoxy) is 1. The number of benzene rings is 2. The maximum Gasteiger partial charge on any atom is 0.262 e. The Labute approximate surface area is 147 Å². The molecule has 2 aromatic rings. The summed E-state index contributed by atoms with van der Waals surface area (Å²) in [6.07, 6.45) is 0. The molecule has 1 amide bonds. The van der Waals surface area contributed by atoms with Crippen molar-refractivity contribution in [2.24, 2.45) is 0 Å². The number of carbonyl (C=O) groups excluding carboxylic acids is 1.